The number of rotatable bonds is 6. The van der Waals surface area contributed by atoms with Crippen molar-refractivity contribution in [2.75, 3.05) is 13.2 Å². The van der Waals surface area contributed by atoms with Crippen LogP contribution < -0.4 is 5.32 Å². The van der Waals surface area contributed by atoms with Gasteiger partial charge in [0.1, 0.15) is 5.75 Å². The van der Waals surface area contributed by atoms with Crippen LogP contribution in [0.15, 0.2) is 18.2 Å². The number of benzene rings is 1. The van der Waals surface area contributed by atoms with E-state index in [-0.39, 0.29) is 6.61 Å². The number of aromatic hydroxyl groups is 1. The van der Waals surface area contributed by atoms with Gasteiger partial charge in [-0.25, -0.2) is 0 Å². The van der Waals surface area contributed by atoms with Crippen molar-refractivity contribution >= 4 is 0 Å². The quantitative estimate of drug-likeness (QED) is 0.725. The molecule has 18 heavy (non-hydrogen) atoms. The van der Waals surface area contributed by atoms with Crippen molar-refractivity contribution in [3.8, 4) is 5.75 Å². The SMILES string of the molecule is CCC(CCO)CNC1CCc2c(O)cccc21. The van der Waals surface area contributed by atoms with Gasteiger partial charge >= 0.3 is 0 Å². The predicted octanol–water partition coefficient (Wildman–Crippen LogP) is 2.38. The summed E-state index contributed by atoms with van der Waals surface area (Å²) in [5.41, 5.74) is 2.35. The summed E-state index contributed by atoms with van der Waals surface area (Å²) >= 11 is 0. The molecule has 0 radical (unpaired) electrons. The van der Waals surface area contributed by atoms with Gasteiger partial charge in [0.05, 0.1) is 0 Å². The Morgan fingerprint density at radius 3 is 3.00 bits per heavy atom. The Morgan fingerprint density at radius 1 is 1.44 bits per heavy atom. The second kappa shape index (κ2) is 6.21. The molecule has 0 spiro atoms. The average Bonchev–Trinajstić information content (AvgIpc) is 2.79. The van der Waals surface area contributed by atoms with Crippen LogP contribution in [0.5, 0.6) is 5.75 Å². The molecular formula is C15H23NO2. The van der Waals surface area contributed by atoms with Crippen LogP contribution in [-0.4, -0.2) is 23.4 Å². The topological polar surface area (TPSA) is 52.5 Å². The number of fused-ring (bicyclic) bond motifs is 1. The molecule has 100 valence electrons. The van der Waals surface area contributed by atoms with Gasteiger partial charge in [0, 0.05) is 12.6 Å². The molecule has 0 saturated heterocycles. The number of aliphatic hydroxyl groups is 1. The maximum Gasteiger partial charge on any atom is 0.119 e. The van der Waals surface area contributed by atoms with E-state index in [9.17, 15) is 5.11 Å². The second-order valence-electron chi connectivity index (χ2n) is 5.13. The third kappa shape index (κ3) is 2.85. The Balaban J connectivity index is 1.95. The van der Waals surface area contributed by atoms with Gasteiger partial charge in [-0.2, -0.15) is 0 Å². The van der Waals surface area contributed by atoms with Gasteiger partial charge in [-0.3, -0.25) is 0 Å². The van der Waals surface area contributed by atoms with Crippen LogP contribution in [0.3, 0.4) is 0 Å². The molecule has 3 heteroatoms. The van der Waals surface area contributed by atoms with Crippen LogP contribution in [-0.2, 0) is 6.42 Å². The van der Waals surface area contributed by atoms with Gasteiger partial charge in [0.2, 0.25) is 0 Å². The molecule has 3 nitrogen and oxygen atoms in total. The van der Waals surface area contributed by atoms with Crippen LogP contribution in [0.1, 0.15) is 43.4 Å². The molecule has 0 saturated carbocycles. The number of aliphatic hydroxyl groups excluding tert-OH is 1. The summed E-state index contributed by atoms with van der Waals surface area (Å²) in [7, 11) is 0. The Kier molecular flexibility index (Phi) is 4.61. The van der Waals surface area contributed by atoms with Crippen molar-refractivity contribution in [3.05, 3.63) is 29.3 Å². The van der Waals surface area contributed by atoms with Gasteiger partial charge < -0.3 is 15.5 Å². The summed E-state index contributed by atoms with van der Waals surface area (Å²) in [4.78, 5) is 0. The summed E-state index contributed by atoms with van der Waals surface area (Å²) < 4.78 is 0. The molecule has 2 unspecified atom stereocenters. The van der Waals surface area contributed by atoms with Crippen molar-refractivity contribution in [1.82, 2.24) is 5.32 Å². The van der Waals surface area contributed by atoms with Crippen molar-refractivity contribution in [2.45, 2.75) is 38.6 Å². The summed E-state index contributed by atoms with van der Waals surface area (Å²) in [6, 6.07) is 6.15. The summed E-state index contributed by atoms with van der Waals surface area (Å²) in [6.07, 6.45) is 3.97. The highest BCUT2D eigenvalue weighted by Crippen LogP contribution is 2.36. The molecule has 0 fully saturated rings. The van der Waals surface area contributed by atoms with Crippen molar-refractivity contribution in [3.63, 3.8) is 0 Å². The zero-order valence-electron chi connectivity index (χ0n) is 11.0. The Morgan fingerprint density at radius 2 is 2.28 bits per heavy atom. The number of phenolic OH excluding ortho intramolecular Hbond substituents is 1. The van der Waals surface area contributed by atoms with Gasteiger partial charge in [-0.15, -0.1) is 0 Å². The van der Waals surface area contributed by atoms with E-state index >= 15 is 0 Å². The van der Waals surface area contributed by atoms with Crippen LogP contribution in [0.2, 0.25) is 0 Å². The van der Waals surface area contributed by atoms with E-state index in [0.29, 0.717) is 17.7 Å². The fourth-order valence-corrected chi connectivity index (χ4v) is 2.79. The van der Waals surface area contributed by atoms with Crippen LogP contribution in [0.4, 0.5) is 0 Å². The lowest BCUT2D eigenvalue weighted by atomic mass is 10.0. The smallest absolute Gasteiger partial charge is 0.119 e. The number of phenols is 1. The van der Waals surface area contributed by atoms with Crippen molar-refractivity contribution < 1.29 is 10.2 Å². The second-order valence-corrected chi connectivity index (χ2v) is 5.13. The highest BCUT2D eigenvalue weighted by Gasteiger charge is 2.24. The molecule has 0 bridgehead atoms. The van der Waals surface area contributed by atoms with Gasteiger partial charge in [-0.05, 0) is 48.9 Å². The fourth-order valence-electron chi connectivity index (χ4n) is 2.79. The molecule has 1 aromatic rings. The number of nitrogens with one attached hydrogen (secondary N) is 1. The summed E-state index contributed by atoms with van der Waals surface area (Å²) in [5.74, 6) is 0.968. The third-order valence-electron chi connectivity index (χ3n) is 4.01. The summed E-state index contributed by atoms with van der Waals surface area (Å²) in [6.45, 7) is 3.37. The molecule has 0 heterocycles. The molecule has 3 N–H and O–H groups in total. The lowest BCUT2D eigenvalue weighted by Crippen LogP contribution is -2.26. The van der Waals surface area contributed by atoms with Gasteiger partial charge in [0.15, 0.2) is 0 Å². The predicted molar refractivity (Wildman–Crippen MR) is 72.7 cm³/mol. The number of hydrogen-bond donors (Lipinski definition) is 3. The fraction of sp³-hybridized carbons (Fsp3) is 0.600. The lowest BCUT2D eigenvalue weighted by molar-refractivity contribution is 0.248. The van der Waals surface area contributed by atoms with Crippen molar-refractivity contribution in [1.29, 1.82) is 0 Å². The van der Waals surface area contributed by atoms with E-state index in [1.165, 1.54) is 5.56 Å². The minimum absolute atomic E-state index is 0.266. The molecular weight excluding hydrogens is 226 g/mol. The summed E-state index contributed by atoms with van der Waals surface area (Å²) in [5, 5.41) is 22.4. The highest BCUT2D eigenvalue weighted by atomic mass is 16.3. The molecule has 0 aromatic heterocycles. The first kappa shape index (κ1) is 13.4. The largest absolute Gasteiger partial charge is 0.508 e. The minimum atomic E-state index is 0.266. The van der Waals surface area contributed by atoms with Gasteiger partial charge in [0.25, 0.3) is 0 Å². The minimum Gasteiger partial charge on any atom is -0.508 e. The van der Waals surface area contributed by atoms with Gasteiger partial charge in [-0.1, -0.05) is 25.5 Å². The standard InChI is InChI=1S/C15H23NO2/c1-2-11(8-9-17)10-16-14-7-6-13-12(14)4-3-5-15(13)18/h3-5,11,14,16-18H,2,6-10H2,1H3. The van der Waals surface area contributed by atoms with E-state index < -0.39 is 0 Å². The first-order valence-electron chi connectivity index (χ1n) is 6.91. The molecule has 0 aliphatic heterocycles. The third-order valence-corrected chi connectivity index (χ3v) is 4.01. The molecule has 1 aromatic carbocycles. The maximum atomic E-state index is 9.80. The van der Waals surface area contributed by atoms with E-state index in [4.69, 9.17) is 5.11 Å². The molecule has 0 amide bonds. The van der Waals surface area contributed by atoms with E-state index in [0.717, 1.165) is 37.8 Å². The Hall–Kier alpha value is -1.06. The highest BCUT2D eigenvalue weighted by molar-refractivity contribution is 5.44. The van der Waals surface area contributed by atoms with E-state index in [2.05, 4.69) is 18.3 Å². The monoisotopic (exact) mass is 249 g/mol. The van der Waals surface area contributed by atoms with Crippen LogP contribution in [0.25, 0.3) is 0 Å². The first-order valence-corrected chi connectivity index (χ1v) is 6.91. The molecule has 1 aliphatic carbocycles. The Bertz CT molecular complexity index is 392. The Labute approximate surface area is 109 Å². The zero-order valence-corrected chi connectivity index (χ0v) is 11.0. The first-order chi connectivity index (χ1) is 8.76. The van der Waals surface area contributed by atoms with Crippen LogP contribution in [0, 0.1) is 5.92 Å². The van der Waals surface area contributed by atoms with E-state index in [1.54, 1.807) is 6.07 Å². The molecule has 1 aliphatic rings. The number of hydrogen-bond acceptors (Lipinski definition) is 3. The molecule has 2 rings (SSSR count). The average molecular weight is 249 g/mol. The maximum absolute atomic E-state index is 9.80. The zero-order chi connectivity index (χ0) is 13.0. The lowest BCUT2D eigenvalue weighted by Gasteiger charge is -2.19. The molecule has 2 atom stereocenters. The van der Waals surface area contributed by atoms with Crippen molar-refractivity contribution in [2.24, 2.45) is 5.92 Å². The normalized spacial score (nSPS) is 19.8. The van der Waals surface area contributed by atoms with E-state index in [1.807, 2.05) is 6.07 Å². The van der Waals surface area contributed by atoms with Crippen LogP contribution >= 0.6 is 0 Å².